The van der Waals surface area contributed by atoms with E-state index >= 15 is 0 Å². The van der Waals surface area contributed by atoms with Gasteiger partial charge in [-0.25, -0.2) is 4.79 Å². The third kappa shape index (κ3) is 5.64. The molecule has 10 heteroatoms. The van der Waals surface area contributed by atoms with E-state index in [4.69, 9.17) is 4.74 Å². The smallest absolute Gasteiger partial charge is 0.337 e. The highest BCUT2D eigenvalue weighted by Crippen LogP contribution is 2.39. The number of anilines is 1. The molecule has 0 saturated carbocycles. The number of rotatable bonds is 8. The summed E-state index contributed by atoms with van der Waals surface area (Å²) < 4.78 is 34.4. The van der Waals surface area contributed by atoms with Crippen molar-refractivity contribution in [3.8, 4) is 10.4 Å². The van der Waals surface area contributed by atoms with E-state index in [-0.39, 0.29) is 34.0 Å². The molecule has 0 radical (unpaired) electrons. The number of thiophene rings is 1. The molecule has 0 atom stereocenters. The summed E-state index contributed by atoms with van der Waals surface area (Å²) in [5.74, 6) is -1.01. The lowest BCUT2D eigenvalue weighted by molar-refractivity contribution is -0.116. The fraction of sp³-hybridized carbons (Fsp3) is 0.316. The number of sulfonamides is 1. The molecule has 1 N–H and O–H groups in total. The van der Waals surface area contributed by atoms with Crippen LogP contribution in [0.5, 0.6) is 0 Å². The average molecular weight is 438 g/mol. The van der Waals surface area contributed by atoms with Crippen molar-refractivity contribution in [3.63, 3.8) is 0 Å². The number of hydrogen-bond acceptors (Lipinski definition) is 6. The molecule has 0 aliphatic heterocycles. The molecule has 0 saturated heterocycles. The van der Waals surface area contributed by atoms with Crippen molar-refractivity contribution in [1.29, 1.82) is 0 Å². The summed E-state index contributed by atoms with van der Waals surface area (Å²) in [7, 11) is 0.305. The Bertz CT molecular complexity index is 1010. The highest BCUT2D eigenvalue weighted by atomic mass is 32.2. The van der Waals surface area contributed by atoms with Gasteiger partial charge in [0.25, 0.3) is 10.0 Å². The molecule has 1 amide bonds. The number of carbonyl (C=O) groups excluding carboxylic acids is 2. The molecular weight excluding hydrogens is 414 g/mol. The van der Waals surface area contributed by atoms with Gasteiger partial charge in [-0.2, -0.15) is 8.42 Å². The topological polar surface area (TPSA) is 105 Å². The third-order valence-corrected chi connectivity index (χ3v) is 5.87. The highest BCUT2D eigenvalue weighted by molar-refractivity contribution is 7.90. The van der Waals surface area contributed by atoms with E-state index < -0.39 is 16.0 Å². The van der Waals surface area contributed by atoms with Crippen molar-refractivity contribution in [2.45, 2.75) is 24.7 Å². The quantitative estimate of drug-likeness (QED) is 0.386. The summed E-state index contributed by atoms with van der Waals surface area (Å²) >= 11 is 1.31. The minimum Gasteiger partial charge on any atom is -0.465 e. The van der Waals surface area contributed by atoms with Crippen molar-refractivity contribution in [3.05, 3.63) is 35.2 Å². The molecule has 2 rings (SSSR count). The van der Waals surface area contributed by atoms with Gasteiger partial charge in [0.1, 0.15) is 11.2 Å². The Labute approximate surface area is 174 Å². The van der Waals surface area contributed by atoms with Crippen LogP contribution in [-0.4, -0.2) is 52.7 Å². The summed E-state index contributed by atoms with van der Waals surface area (Å²) in [5, 5.41) is 4.52. The first-order chi connectivity index (χ1) is 13.7. The molecule has 2 aromatic rings. The fourth-order valence-electron chi connectivity index (χ4n) is 2.48. The van der Waals surface area contributed by atoms with Gasteiger partial charge in [0.15, 0.2) is 0 Å². The summed E-state index contributed by atoms with van der Waals surface area (Å²) in [6.07, 6.45) is 2.04. The van der Waals surface area contributed by atoms with Crippen molar-refractivity contribution >= 4 is 45.3 Å². The van der Waals surface area contributed by atoms with Crippen LogP contribution in [0.25, 0.3) is 10.4 Å². The van der Waals surface area contributed by atoms with E-state index in [1.807, 2.05) is 6.92 Å². The van der Waals surface area contributed by atoms with E-state index in [0.717, 1.165) is 6.34 Å². The standard InChI is InChI=1S/C19H23N3O5S2/c1-5-7-17(23)21-14-10-13(19(24)27-4)11-16(18(14)15-8-6-9-28-15)29(25,26)20-12-22(2)3/h6,8-12H,5,7H2,1-4H3,(H,21,23). The minimum absolute atomic E-state index is 0.00164. The predicted octanol–water partition coefficient (Wildman–Crippen LogP) is 3.22. The van der Waals surface area contributed by atoms with Crippen LogP contribution < -0.4 is 5.32 Å². The number of amides is 1. The molecule has 8 nitrogen and oxygen atoms in total. The number of nitrogens with one attached hydrogen (secondary N) is 1. The van der Waals surface area contributed by atoms with E-state index in [0.29, 0.717) is 11.3 Å². The molecule has 0 bridgehead atoms. The Morgan fingerprint density at radius 2 is 2.03 bits per heavy atom. The second kappa shape index (κ2) is 9.66. The first kappa shape index (κ1) is 22.6. The molecule has 1 heterocycles. The van der Waals surface area contributed by atoms with Crippen molar-refractivity contribution in [2.75, 3.05) is 26.5 Å². The van der Waals surface area contributed by atoms with Gasteiger partial charge < -0.3 is 15.0 Å². The van der Waals surface area contributed by atoms with Gasteiger partial charge in [-0.05, 0) is 30.0 Å². The number of ether oxygens (including phenoxy) is 1. The van der Waals surface area contributed by atoms with Crippen LogP contribution in [0.1, 0.15) is 30.1 Å². The maximum Gasteiger partial charge on any atom is 0.337 e. The minimum atomic E-state index is -4.17. The maximum absolute atomic E-state index is 13.0. The van der Waals surface area contributed by atoms with E-state index in [9.17, 15) is 18.0 Å². The first-order valence-corrected chi connectivity index (χ1v) is 11.1. The Morgan fingerprint density at radius 3 is 2.59 bits per heavy atom. The number of hydrogen-bond donors (Lipinski definition) is 1. The molecule has 156 valence electrons. The summed E-state index contributed by atoms with van der Waals surface area (Å²) in [5.41, 5.74) is 0.499. The van der Waals surface area contributed by atoms with Gasteiger partial charge in [0.05, 0.1) is 18.4 Å². The zero-order valence-corrected chi connectivity index (χ0v) is 18.3. The molecule has 0 unspecified atom stereocenters. The van der Waals surface area contributed by atoms with Crippen molar-refractivity contribution in [2.24, 2.45) is 4.40 Å². The fourth-order valence-corrected chi connectivity index (χ4v) is 4.52. The molecular formula is C19H23N3O5S2. The Morgan fingerprint density at radius 1 is 1.31 bits per heavy atom. The Balaban J connectivity index is 2.81. The molecule has 0 spiro atoms. The first-order valence-electron chi connectivity index (χ1n) is 8.76. The van der Waals surface area contributed by atoms with Crippen LogP contribution in [-0.2, 0) is 19.6 Å². The molecule has 29 heavy (non-hydrogen) atoms. The normalized spacial score (nSPS) is 11.4. The average Bonchev–Trinajstić information content (AvgIpc) is 3.19. The second-order valence-corrected chi connectivity index (χ2v) is 8.87. The zero-order valence-electron chi connectivity index (χ0n) is 16.6. The summed E-state index contributed by atoms with van der Waals surface area (Å²) in [6.45, 7) is 1.86. The zero-order chi connectivity index (χ0) is 21.6. The van der Waals surface area contributed by atoms with Crippen molar-refractivity contribution in [1.82, 2.24) is 4.90 Å². The molecule has 0 fully saturated rings. The number of esters is 1. The van der Waals surface area contributed by atoms with Gasteiger partial charge in [-0.15, -0.1) is 15.7 Å². The number of carbonyl (C=O) groups is 2. The summed E-state index contributed by atoms with van der Waals surface area (Å²) in [6, 6.07) is 6.15. The highest BCUT2D eigenvalue weighted by Gasteiger charge is 2.26. The lowest BCUT2D eigenvalue weighted by Gasteiger charge is -2.16. The lowest BCUT2D eigenvalue weighted by Crippen LogP contribution is -2.15. The van der Waals surface area contributed by atoms with Crippen LogP contribution in [0, 0.1) is 0 Å². The number of nitrogens with zero attached hydrogens (tertiary/aromatic N) is 2. The Kier molecular flexibility index (Phi) is 7.52. The lowest BCUT2D eigenvalue weighted by atomic mass is 10.1. The summed E-state index contributed by atoms with van der Waals surface area (Å²) in [4.78, 5) is 26.3. The second-order valence-electron chi connectivity index (χ2n) is 6.32. The SMILES string of the molecule is CCCC(=O)Nc1cc(C(=O)OC)cc(S(=O)(=O)N=CN(C)C)c1-c1cccs1. The van der Waals surface area contributed by atoms with Gasteiger partial charge >= 0.3 is 5.97 Å². The monoisotopic (exact) mass is 437 g/mol. The number of benzene rings is 1. The van der Waals surface area contributed by atoms with Crippen LogP contribution in [0.4, 0.5) is 5.69 Å². The molecule has 1 aromatic heterocycles. The van der Waals surface area contributed by atoms with Gasteiger partial charge in [-0.1, -0.05) is 13.0 Å². The van der Waals surface area contributed by atoms with Gasteiger partial charge in [-0.3, -0.25) is 4.79 Å². The molecule has 0 aliphatic rings. The predicted molar refractivity (Wildman–Crippen MR) is 114 cm³/mol. The largest absolute Gasteiger partial charge is 0.465 e. The van der Waals surface area contributed by atoms with Crippen molar-refractivity contribution < 1.29 is 22.7 Å². The van der Waals surface area contributed by atoms with Crippen LogP contribution >= 0.6 is 11.3 Å². The van der Waals surface area contributed by atoms with Crippen LogP contribution in [0.3, 0.4) is 0 Å². The number of methoxy groups -OCH3 is 1. The van der Waals surface area contributed by atoms with E-state index in [2.05, 4.69) is 9.71 Å². The molecule has 1 aromatic carbocycles. The van der Waals surface area contributed by atoms with E-state index in [1.54, 1.807) is 31.6 Å². The van der Waals surface area contributed by atoms with Crippen LogP contribution in [0.2, 0.25) is 0 Å². The van der Waals surface area contributed by atoms with Gasteiger partial charge in [0, 0.05) is 31.0 Å². The van der Waals surface area contributed by atoms with Crippen LogP contribution in [0.15, 0.2) is 38.9 Å². The maximum atomic E-state index is 13.0. The Hall–Kier alpha value is -2.72. The van der Waals surface area contributed by atoms with Gasteiger partial charge in [0.2, 0.25) is 5.91 Å². The third-order valence-electron chi connectivity index (χ3n) is 3.74. The molecule has 0 aliphatic carbocycles. The van der Waals surface area contributed by atoms with E-state index in [1.165, 1.54) is 35.5 Å².